The van der Waals surface area contributed by atoms with Gasteiger partial charge in [-0.05, 0) is 30.9 Å². The molecule has 2 fully saturated rings. The van der Waals surface area contributed by atoms with Gasteiger partial charge in [-0.2, -0.15) is 0 Å². The Morgan fingerprint density at radius 3 is 2.93 bits per heavy atom. The third-order valence-corrected chi connectivity index (χ3v) is 5.65. The van der Waals surface area contributed by atoms with Crippen LogP contribution in [0.15, 0.2) is 23.0 Å². The number of aryl methyl sites for hydroxylation is 1. The van der Waals surface area contributed by atoms with Crippen molar-refractivity contribution in [2.45, 2.75) is 37.6 Å². The average molecular weight is 404 g/mol. The Morgan fingerprint density at radius 1 is 1.31 bits per heavy atom. The summed E-state index contributed by atoms with van der Waals surface area (Å²) in [5, 5.41) is 15.4. The molecule has 2 aliphatic heterocycles. The number of amides is 1. The zero-order chi connectivity index (χ0) is 20.4. The number of nitrogens with zero attached hydrogens (tertiary/aromatic N) is 2. The molecular formula is C20H28N4O5. The summed E-state index contributed by atoms with van der Waals surface area (Å²) < 4.78 is 14.6. The molecule has 0 bridgehead atoms. The van der Waals surface area contributed by atoms with Crippen LogP contribution in [0.4, 0.5) is 0 Å². The van der Waals surface area contributed by atoms with E-state index in [-0.39, 0.29) is 17.7 Å². The van der Waals surface area contributed by atoms with Crippen molar-refractivity contribution in [3.05, 3.63) is 34.2 Å². The van der Waals surface area contributed by atoms with Gasteiger partial charge < -0.3 is 25.2 Å². The third-order valence-electron chi connectivity index (χ3n) is 5.65. The molecule has 2 aromatic rings. The van der Waals surface area contributed by atoms with Crippen LogP contribution < -0.4 is 16.3 Å². The van der Waals surface area contributed by atoms with Crippen molar-refractivity contribution in [3.63, 3.8) is 0 Å². The quantitative estimate of drug-likeness (QED) is 0.569. The molecule has 0 radical (unpaired) electrons. The van der Waals surface area contributed by atoms with E-state index in [1.165, 1.54) is 0 Å². The fraction of sp³-hybridized carbons (Fsp3) is 0.600. The lowest BCUT2D eigenvalue weighted by atomic mass is 10.0. The topological polar surface area (TPSA) is 107 Å². The summed E-state index contributed by atoms with van der Waals surface area (Å²) in [4.78, 5) is 25.3. The highest BCUT2D eigenvalue weighted by molar-refractivity contribution is 5.86. The predicted octanol–water partition coefficient (Wildman–Crippen LogP) is -0.343. The summed E-state index contributed by atoms with van der Waals surface area (Å²) in [6.45, 7) is 3.43. The molecule has 1 amide bonds. The van der Waals surface area contributed by atoms with Crippen LogP contribution >= 0.6 is 0 Å². The van der Waals surface area contributed by atoms with E-state index in [9.17, 15) is 14.7 Å². The van der Waals surface area contributed by atoms with Gasteiger partial charge in [0.1, 0.15) is 12.3 Å². The molecule has 3 N–H and O–H groups in total. The number of nitrogens with one attached hydrogen (secondary N) is 2. The number of hydrogen-bond acceptors (Lipinski definition) is 6. The Hall–Kier alpha value is -2.20. The van der Waals surface area contributed by atoms with Gasteiger partial charge in [0, 0.05) is 20.1 Å². The Labute approximate surface area is 168 Å². The van der Waals surface area contributed by atoms with Gasteiger partial charge in [0.05, 0.1) is 37.0 Å². The van der Waals surface area contributed by atoms with Crippen LogP contribution in [0.1, 0.15) is 24.4 Å². The summed E-state index contributed by atoms with van der Waals surface area (Å²) in [5.41, 5.74) is 2.31. The fourth-order valence-corrected chi connectivity index (χ4v) is 4.17. The SMILES string of the molecule is Cn1c(=O)n(C2CCC(O)NC2=O)c2cccc(CCOC[C@H]3CNCCO3)c21. The lowest BCUT2D eigenvalue weighted by molar-refractivity contribution is -0.130. The maximum atomic E-state index is 12.9. The van der Waals surface area contributed by atoms with Crippen LogP contribution in [0.25, 0.3) is 11.0 Å². The Balaban J connectivity index is 1.52. The van der Waals surface area contributed by atoms with Crippen molar-refractivity contribution < 1.29 is 19.4 Å². The van der Waals surface area contributed by atoms with Gasteiger partial charge in [-0.1, -0.05) is 12.1 Å². The Kier molecular flexibility index (Phi) is 6.00. The van der Waals surface area contributed by atoms with Crippen molar-refractivity contribution >= 4 is 16.9 Å². The molecule has 0 saturated carbocycles. The van der Waals surface area contributed by atoms with Gasteiger partial charge in [0.15, 0.2) is 0 Å². The second kappa shape index (κ2) is 8.66. The number of rotatable bonds is 6. The normalized spacial score (nSPS) is 25.3. The molecule has 1 aromatic carbocycles. The van der Waals surface area contributed by atoms with E-state index in [4.69, 9.17) is 9.47 Å². The van der Waals surface area contributed by atoms with Gasteiger partial charge >= 0.3 is 5.69 Å². The first kappa shape index (κ1) is 20.1. The number of imidazole rings is 1. The zero-order valence-electron chi connectivity index (χ0n) is 16.6. The largest absolute Gasteiger partial charge is 0.378 e. The highest BCUT2D eigenvalue weighted by Crippen LogP contribution is 2.25. The molecular weight excluding hydrogens is 376 g/mol. The van der Waals surface area contributed by atoms with Gasteiger partial charge in [-0.3, -0.25) is 13.9 Å². The summed E-state index contributed by atoms with van der Waals surface area (Å²) in [6.07, 6.45) is 0.731. The number of carbonyl (C=O) groups is 1. The first-order valence-corrected chi connectivity index (χ1v) is 10.1. The number of aliphatic hydroxyl groups excluding tert-OH is 1. The zero-order valence-corrected chi connectivity index (χ0v) is 16.6. The molecule has 9 nitrogen and oxygen atoms in total. The molecule has 2 unspecified atom stereocenters. The Bertz CT molecular complexity index is 931. The number of morpholine rings is 1. The minimum atomic E-state index is -0.847. The van der Waals surface area contributed by atoms with Gasteiger partial charge in [0.25, 0.3) is 0 Å². The first-order valence-electron chi connectivity index (χ1n) is 10.1. The molecule has 9 heteroatoms. The van der Waals surface area contributed by atoms with Crippen molar-refractivity contribution in [3.8, 4) is 0 Å². The van der Waals surface area contributed by atoms with E-state index in [0.717, 1.165) is 29.7 Å². The van der Waals surface area contributed by atoms with E-state index in [1.54, 1.807) is 16.2 Å². The highest BCUT2D eigenvalue weighted by atomic mass is 16.5. The molecule has 29 heavy (non-hydrogen) atoms. The monoisotopic (exact) mass is 404 g/mol. The smallest absolute Gasteiger partial charge is 0.329 e. The van der Waals surface area contributed by atoms with E-state index in [0.29, 0.717) is 39.1 Å². The number of para-hydroxylation sites is 1. The van der Waals surface area contributed by atoms with Crippen LogP contribution in [0, 0.1) is 0 Å². The van der Waals surface area contributed by atoms with E-state index < -0.39 is 12.3 Å². The molecule has 3 atom stereocenters. The summed E-state index contributed by atoms with van der Waals surface area (Å²) >= 11 is 0. The van der Waals surface area contributed by atoms with E-state index in [1.807, 2.05) is 18.2 Å². The first-order chi connectivity index (χ1) is 14.1. The van der Waals surface area contributed by atoms with Crippen LogP contribution in [-0.4, -0.2) is 65.4 Å². The van der Waals surface area contributed by atoms with E-state index in [2.05, 4.69) is 10.6 Å². The number of carbonyl (C=O) groups excluding carboxylic acids is 1. The minimum absolute atomic E-state index is 0.0742. The summed E-state index contributed by atoms with van der Waals surface area (Å²) in [5.74, 6) is -0.326. The van der Waals surface area contributed by atoms with Gasteiger partial charge in [-0.15, -0.1) is 0 Å². The van der Waals surface area contributed by atoms with Crippen LogP contribution in [-0.2, 0) is 27.7 Å². The van der Waals surface area contributed by atoms with Crippen molar-refractivity contribution in [1.29, 1.82) is 0 Å². The molecule has 4 rings (SSSR count). The molecule has 2 saturated heterocycles. The number of piperidine rings is 1. The minimum Gasteiger partial charge on any atom is -0.378 e. The van der Waals surface area contributed by atoms with Crippen LogP contribution in [0.3, 0.4) is 0 Å². The number of aromatic nitrogens is 2. The maximum absolute atomic E-state index is 12.9. The molecule has 158 valence electrons. The lowest BCUT2D eigenvalue weighted by Gasteiger charge is -2.26. The predicted molar refractivity (Wildman–Crippen MR) is 107 cm³/mol. The second-order valence-electron chi connectivity index (χ2n) is 7.64. The Morgan fingerprint density at radius 2 is 2.17 bits per heavy atom. The summed E-state index contributed by atoms with van der Waals surface area (Å²) in [7, 11) is 1.72. The lowest BCUT2D eigenvalue weighted by Crippen LogP contribution is -2.46. The van der Waals surface area contributed by atoms with E-state index >= 15 is 0 Å². The molecule has 0 aliphatic carbocycles. The maximum Gasteiger partial charge on any atom is 0.329 e. The van der Waals surface area contributed by atoms with Gasteiger partial charge in [-0.25, -0.2) is 4.79 Å². The highest BCUT2D eigenvalue weighted by Gasteiger charge is 2.31. The number of aliphatic hydroxyl groups is 1. The molecule has 2 aliphatic rings. The van der Waals surface area contributed by atoms with Crippen molar-refractivity contribution in [2.24, 2.45) is 7.05 Å². The summed E-state index contributed by atoms with van der Waals surface area (Å²) in [6, 6.07) is 5.13. The van der Waals surface area contributed by atoms with Gasteiger partial charge in [0.2, 0.25) is 5.91 Å². The van der Waals surface area contributed by atoms with Crippen LogP contribution in [0.5, 0.6) is 0 Å². The standard InChI is InChI=1S/C20H28N4O5/c1-23-18-13(7-9-28-12-14-11-21-8-10-29-14)3-2-4-15(18)24(20(23)27)16-5-6-17(25)22-19(16)26/h2-4,14,16-17,21,25H,5-12H2,1H3,(H,22,26)/t14-,16?,17?/m1/s1. The number of ether oxygens (including phenoxy) is 2. The molecule has 1 aromatic heterocycles. The second-order valence-corrected chi connectivity index (χ2v) is 7.64. The number of hydrogen-bond donors (Lipinski definition) is 3. The van der Waals surface area contributed by atoms with Crippen LogP contribution in [0.2, 0.25) is 0 Å². The van der Waals surface area contributed by atoms with Crippen molar-refractivity contribution in [1.82, 2.24) is 19.8 Å². The average Bonchev–Trinajstić information content (AvgIpc) is 2.98. The van der Waals surface area contributed by atoms with Crippen molar-refractivity contribution in [2.75, 3.05) is 32.9 Å². The molecule has 3 heterocycles. The number of fused-ring (bicyclic) bond motifs is 1. The molecule has 0 spiro atoms. The fourth-order valence-electron chi connectivity index (χ4n) is 4.17. The third kappa shape index (κ3) is 4.09. The number of benzene rings is 1.